The van der Waals surface area contributed by atoms with Gasteiger partial charge in [-0.25, -0.2) is 0 Å². The van der Waals surface area contributed by atoms with Crippen LogP contribution in [0.1, 0.15) is 13.3 Å². The van der Waals surface area contributed by atoms with Crippen LogP contribution in [-0.2, 0) is 0 Å². The lowest BCUT2D eigenvalue weighted by molar-refractivity contribution is 0.170. The molecule has 0 aromatic rings. The Hall–Kier alpha value is 0.540. The molecule has 1 N–H and O–H groups in total. The van der Waals surface area contributed by atoms with E-state index in [1.807, 2.05) is 6.92 Å². The molecule has 1 nitrogen and oxygen atoms in total. The van der Waals surface area contributed by atoms with Gasteiger partial charge in [-0.2, -0.15) is 0 Å². The maximum absolute atomic E-state index is 8.91. The van der Waals surface area contributed by atoms with Gasteiger partial charge in [0, 0.05) is 5.88 Å². The molecule has 0 rings (SSSR count). The average molecular weight is 157 g/mol. The predicted octanol–water partition coefficient (Wildman–Crippen LogP) is 1.60. The van der Waals surface area contributed by atoms with Gasteiger partial charge in [-0.05, 0) is 6.42 Å². The largest absolute Gasteiger partial charge is 0.392 e. The van der Waals surface area contributed by atoms with Crippen LogP contribution in [-0.4, -0.2) is 22.5 Å². The van der Waals surface area contributed by atoms with Crippen LogP contribution < -0.4 is 0 Å². The molecular weight excluding hydrogens is 147 g/mol. The summed E-state index contributed by atoms with van der Waals surface area (Å²) in [4.78, 5) is 0. The molecule has 0 aromatic carbocycles. The molecule has 0 aliphatic heterocycles. The minimum Gasteiger partial charge on any atom is -0.392 e. The highest BCUT2D eigenvalue weighted by molar-refractivity contribution is 6.28. The Bertz CT molecular complexity index is 50.4. The zero-order valence-corrected chi connectivity index (χ0v) is 6.28. The summed E-state index contributed by atoms with van der Waals surface area (Å²) in [5.74, 6) is 0.316. The highest BCUT2D eigenvalue weighted by Crippen LogP contribution is 2.07. The number of aliphatic hydroxyl groups excluding tert-OH is 1. The highest BCUT2D eigenvalue weighted by Gasteiger charge is 2.11. The number of rotatable bonds is 3. The maximum Gasteiger partial charge on any atom is 0.0730 e. The van der Waals surface area contributed by atoms with Crippen molar-refractivity contribution in [3.05, 3.63) is 0 Å². The third-order valence-corrected chi connectivity index (χ3v) is 1.92. The van der Waals surface area contributed by atoms with Gasteiger partial charge >= 0.3 is 0 Å². The van der Waals surface area contributed by atoms with Gasteiger partial charge < -0.3 is 5.11 Å². The van der Waals surface area contributed by atoms with Crippen molar-refractivity contribution in [2.45, 2.75) is 24.8 Å². The van der Waals surface area contributed by atoms with Crippen LogP contribution in [0.25, 0.3) is 0 Å². The molecule has 50 valence electrons. The zero-order chi connectivity index (χ0) is 6.57. The Kier molecular flexibility index (Phi) is 4.72. The van der Waals surface area contributed by atoms with E-state index in [0.29, 0.717) is 12.3 Å². The summed E-state index contributed by atoms with van der Waals surface area (Å²) in [6.45, 7) is 1.87. The number of hydrogen-bond acceptors (Lipinski definition) is 1. The molecule has 8 heavy (non-hydrogen) atoms. The zero-order valence-electron chi connectivity index (χ0n) is 4.77. The lowest BCUT2D eigenvalue weighted by atomic mass is 10.2. The van der Waals surface area contributed by atoms with Crippen molar-refractivity contribution in [1.82, 2.24) is 0 Å². The number of alkyl halides is 2. The second-order valence-corrected chi connectivity index (χ2v) is 2.52. The number of hydrogen-bond donors (Lipinski definition) is 1. The van der Waals surface area contributed by atoms with E-state index >= 15 is 0 Å². The quantitative estimate of drug-likeness (QED) is 0.617. The lowest BCUT2D eigenvalue weighted by Crippen LogP contribution is -2.20. The molecule has 0 saturated carbocycles. The molecule has 0 aromatic heterocycles. The van der Waals surface area contributed by atoms with E-state index < -0.39 is 6.10 Å². The first-order valence-electron chi connectivity index (χ1n) is 2.60. The van der Waals surface area contributed by atoms with Gasteiger partial charge in [-0.3, -0.25) is 0 Å². The second kappa shape index (κ2) is 4.42. The monoisotopic (exact) mass is 156 g/mol. The van der Waals surface area contributed by atoms with Crippen molar-refractivity contribution in [3.63, 3.8) is 0 Å². The van der Waals surface area contributed by atoms with Gasteiger partial charge in [0.1, 0.15) is 0 Å². The molecule has 2 atom stereocenters. The van der Waals surface area contributed by atoms with Crippen LogP contribution in [0.5, 0.6) is 0 Å². The Labute approximate surface area is 59.6 Å². The maximum atomic E-state index is 8.91. The first kappa shape index (κ1) is 8.54. The Morgan fingerprint density at radius 3 is 2.25 bits per heavy atom. The molecule has 0 aliphatic carbocycles. The molecular formula is C5H10Cl2O. The van der Waals surface area contributed by atoms with E-state index in [-0.39, 0.29) is 5.38 Å². The van der Waals surface area contributed by atoms with Crippen molar-refractivity contribution < 1.29 is 5.11 Å². The van der Waals surface area contributed by atoms with Crippen LogP contribution in [0.15, 0.2) is 0 Å². The van der Waals surface area contributed by atoms with Gasteiger partial charge in [-0.1, -0.05) is 6.92 Å². The summed E-state index contributed by atoms with van der Waals surface area (Å²) >= 11 is 10.9. The van der Waals surface area contributed by atoms with Crippen LogP contribution >= 0.6 is 23.2 Å². The topological polar surface area (TPSA) is 20.2 Å². The van der Waals surface area contributed by atoms with Crippen LogP contribution in [0.3, 0.4) is 0 Å². The molecule has 0 fully saturated rings. The van der Waals surface area contributed by atoms with Crippen molar-refractivity contribution in [3.8, 4) is 0 Å². The third kappa shape index (κ3) is 2.75. The fourth-order valence-corrected chi connectivity index (χ4v) is 0.742. The third-order valence-electron chi connectivity index (χ3n) is 0.983. The van der Waals surface area contributed by atoms with Crippen LogP contribution in [0, 0.1) is 0 Å². The van der Waals surface area contributed by atoms with Gasteiger partial charge in [-0.15, -0.1) is 23.2 Å². The smallest absolute Gasteiger partial charge is 0.0730 e. The van der Waals surface area contributed by atoms with E-state index in [4.69, 9.17) is 28.3 Å². The summed E-state index contributed by atoms with van der Waals surface area (Å²) in [7, 11) is 0. The lowest BCUT2D eigenvalue weighted by Gasteiger charge is -2.10. The Morgan fingerprint density at radius 2 is 2.12 bits per heavy atom. The predicted molar refractivity (Wildman–Crippen MR) is 36.7 cm³/mol. The molecule has 0 heterocycles. The van der Waals surface area contributed by atoms with Crippen molar-refractivity contribution in [2.24, 2.45) is 0 Å². The second-order valence-electron chi connectivity index (χ2n) is 1.65. The molecule has 0 spiro atoms. The van der Waals surface area contributed by atoms with Gasteiger partial charge in [0.15, 0.2) is 0 Å². The first-order chi connectivity index (χ1) is 3.72. The van der Waals surface area contributed by atoms with E-state index in [9.17, 15) is 0 Å². The first-order valence-corrected chi connectivity index (χ1v) is 3.57. The normalized spacial score (nSPS) is 18.0. The van der Waals surface area contributed by atoms with E-state index in [1.54, 1.807) is 0 Å². The average Bonchev–Trinajstić information content (AvgIpc) is 1.84. The fraction of sp³-hybridized carbons (Fsp3) is 1.00. The molecule has 0 amide bonds. The van der Waals surface area contributed by atoms with Crippen LogP contribution in [0.2, 0.25) is 0 Å². The summed E-state index contributed by atoms with van der Waals surface area (Å²) in [6.07, 6.45) is 0.218. The molecule has 0 aliphatic rings. The summed E-state index contributed by atoms with van der Waals surface area (Å²) < 4.78 is 0. The van der Waals surface area contributed by atoms with E-state index in [2.05, 4.69) is 0 Å². The van der Waals surface area contributed by atoms with Gasteiger partial charge in [0.05, 0.1) is 11.5 Å². The fourth-order valence-electron chi connectivity index (χ4n) is 0.359. The van der Waals surface area contributed by atoms with Crippen molar-refractivity contribution in [1.29, 1.82) is 0 Å². The van der Waals surface area contributed by atoms with E-state index in [1.165, 1.54) is 0 Å². The molecule has 0 bridgehead atoms. The standard InChI is InChI=1S/C5H10Cl2O/c1-2-5(8)4(7)3-6/h4-5,8H,2-3H2,1H3. The highest BCUT2D eigenvalue weighted by atomic mass is 35.5. The molecule has 0 saturated heterocycles. The van der Waals surface area contributed by atoms with Crippen molar-refractivity contribution >= 4 is 23.2 Å². The van der Waals surface area contributed by atoms with Gasteiger partial charge in [0.2, 0.25) is 0 Å². The minimum atomic E-state index is -0.450. The summed E-state index contributed by atoms with van der Waals surface area (Å²) in [6, 6.07) is 0. The number of halogens is 2. The summed E-state index contributed by atoms with van der Waals surface area (Å²) in [5.41, 5.74) is 0. The molecule has 2 unspecified atom stereocenters. The molecule has 0 radical (unpaired) electrons. The molecule has 3 heteroatoms. The van der Waals surface area contributed by atoms with E-state index in [0.717, 1.165) is 0 Å². The Balaban J connectivity index is 3.29. The summed E-state index contributed by atoms with van der Waals surface area (Å²) in [5, 5.41) is 8.62. The SMILES string of the molecule is CCC(O)C(Cl)CCl. The minimum absolute atomic E-state index is 0.290. The van der Waals surface area contributed by atoms with Crippen molar-refractivity contribution in [2.75, 3.05) is 5.88 Å². The van der Waals surface area contributed by atoms with Gasteiger partial charge in [0.25, 0.3) is 0 Å². The Morgan fingerprint density at radius 1 is 1.62 bits per heavy atom. The number of aliphatic hydroxyl groups is 1. The van der Waals surface area contributed by atoms with Crippen LogP contribution in [0.4, 0.5) is 0 Å².